The van der Waals surface area contributed by atoms with Crippen molar-refractivity contribution in [3.05, 3.63) is 0 Å². The molecule has 8 nitrogen and oxygen atoms in total. The van der Waals surface area contributed by atoms with E-state index in [1.54, 1.807) is 4.90 Å². The van der Waals surface area contributed by atoms with E-state index in [4.69, 9.17) is 5.73 Å². The molecule has 3 atom stereocenters. The zero-order chi connectivity index (χ0) is 18.2. The van der Waals surface area contributed by atoms with Crippen LogP contribution >= 0.6 is 0 Å². The standard InChI is InChI=1S/C15H27N3O5S2/c16-10-12-2-1-3-14(12)15(19)17-5-7-18(8-6-17)25(22,23)13-4-9-24(20,21)11-13/h12-14H,1-11,16H2/t12-,13?,14-/m1/s1. The first-order chi connectivity index (χ1) is 11.7. The number of carbonyl (C=O) groups excluding carboxylic acids is 1. The monoisotopic (exact) mass is 393 g/mol. The maximum absolute atomic E-state index is 12.7. The Morgan fingerprint density at radius 2 is 1.76 bits per heavy atom. The molecule has 25 heavy (non-hydrogen) atoms. The van der Waals surface area contributed by atoms with Crippen LogP contribution in [-0.2, 0) is 24.7 Å². The van der Waals surface area contributed by atoms with Gasteiger partial charge in [-0.15, -0.1) is 0 Å². The van der Waals surface area contributed by atoms with Crippen molar-refractivity contribution < 1.29 is 21.6 Å². The SMILES string of the molecule is NC[C@H]1CCC[C@H]1C(=O)N1CCN(S(=O)(=O)C2CCS(=O)(=O)C2)CC1. The zero-order valence-electron chi connectivity index (χ0n) is 14.3. The fourth-order valence-electron chi connectivity index (χ4n) is 4.25. The van der Waals surface area contributed by atoms with Crippen LogP contribution < -0.4 is 5.73 Å². The van der Waals surface area contributed by atoms with Gasteiger partial charge >= 0.3 is 0 Å². The van der Waals surface area contributed by atoms with Crippen molar-refractivity contribution in [2.75, 3.05) is 44.2 Å². The van der Waals surface area contributed by atoms with E-state index in [1.165, 1.54) is 4.31 Å². The van der Waals surface area contributed by atoms with Crippen molar-refractivity contribution in [2.45, 2.75) is 30.9 Å². The summed E-state index contributed by atoms with van der Waals surface area (Å²) in [6.07, 6.45) is 3.03. The second kappa shape index (κ2) is 7.13. The van der Waals surface area contributed by atoms with E-state index < -0.39 is 25.1 Å². The maximum atomic E-state index is 12.7. The molecule has 0 spiro atoms. The van der Waals surface area contributed by atoms with Gasteiger partial charge in [-0.2, -0.15) is 4.31 Å². The predicted molar refractivity (Wildman–Crippen MR) is 94.0 cm³/mol. The van der Waals surface area contributed by atoms with Gasteiger partial charge in [0.05, 0.1) is 16.8 Å². The van der Waals surface area contributed by atoms with E-state index in [0.717, 1.165) is 19.3 Å². The number of carbonyl (C=O) groups is 1. The molecule has 1 aliphatic carbocycles. The minimum atomic E-state index is -3.62. The molecule has 2 saturated heterocycles. The van der Waals surface area contributed by atoms with Crippen LogP contribution in [0.1, 0.15) is 25.7 Å². The van der Waals surface area contributed by atoms with Gasteiger partial charge in [0.15, 0.2) is 9.84 Å². The Kier molecular flexibility index (Phi) is 5.44. The molecule has 1 saturated carbocycles. The Bertz CT molecular complexity index is 713. The van der Waals surface area contributed by atoms with Gasteiger partial charge in [0.1, 0.15) is 0 Å². The topological polar surface area (TPSA) is 118 Å². The van der Waals surface area contributed by atoms with Crippen molar-refractivity contribution in [2.24, 2.45) is 17.6 Å². The lowest BCUT2D eigenvalue weighted by Gasteiger charge is -2.37. The second-order valence-electron chi connectivity index (χ2n) is 7.33. The number of rotatable bonds is 4. The predicted octanol–water partition coefficient (Wildman–Crippen LogP) is -0.977. The average molecular weight is 394 g/mol. The summed E-state index contributed by atoms with van der Waals surface area (Å²) in [6.45, 7) is 1.73. The smallest absolute Gasteiger partial charge is 0.226 e. The van der Waals surface area contributed by atoms with Gasteiger partial charge in [-0.25, -0.2) is 16.8 Å². The Morgan fingerprint density at radius 3 is 2.32 bits per heavy atom. The second-order valence-corrected chi connectivity index (χ2v) is 11.8. The lowest BCUT2D eigenvalue weighted by atomic mass is 9.94. The molecule has 0 radical (unpaired) electrons. The summed E-state index contributed by atoms with van der Waals surface area (Å²) < 4.78 is 49.8. The molecule has 10 heteroatoms. The Morgan fingerprint density at radius 1 is 1.08 bits per heavy atom. The fourth-order valence-corrected chi connectivity index (χ4v) is 8.76. The minimum Gasteiger partial charge on any atom is -0.340 e. The van der Waals surface area contributed by atoms with Crippen molar-refractivity contribution in [3.8, 4) is 0 Å². The molecule has 3 aliphatic rings. The van der Waals surface area contributed by atoms with Crippen LogP contribution in [0.4, 0.5) is 0 Å². The normalized spacial score (nSPS) is 33.6. The highest BCUT2D eigenvalue weighted by Gasteiger charge is 2.42. The minimum absolute atomic E-state index is 0.0341. The molecule has 0 aromatic carbocycles. The van der Waals surface area contributed by atoms with E-state index in [-0.39, 0.29) is 48.8 Å². The molecular weight excluding hydrogens is 366 g/mol. The lowest BCUT2D eigenvalue weighted by molar-refractivity contribution is -0.137. The van der Waals surface area contributed by atoms with Crippen molar-refractivity contribution in [1.29, 1.82) is 0 Å². The number of nitrogens with two attached hydrogens (primary N) is 1. The molecule has 1 unspecified atom stereocenters. The highest BCUT2D eigenvalue weighted by atomic mass is 32.2. The van der Waals surface area contributed by atoms with E-state index in [0.29, 0.717) is 19.6 Å². The fraction of sp³-hybridized carbons (Fsp3) is 0.933. The number of hydrogen-bond donors (Lipinski definition) is 1. The molecule has 1 amide bonds. The summed E-state index contributed by atoms with van der Waals surface area (Å²) >= 11 is 0. The molecule has 2 N–H and O–H groups in total. The van der Waals surface area contributed by atoms with Crippen molar-refractivity contribution in [1.82, 2.24) is 9.21 Å². The summed E-state index contributed by atoms with van der Waals surface area (Å²) in [6, 6.07) is 0. The molecular formula is C15H27N3O5S2. The molecule has 144 valence electrons. The maximum Gasteiger partial charge on any atom is 0.226 e. The lowest BCUT2D eigenvalue weighted by Crippen LogP contribution is -2.54. The Balaban J connectivity index is 1.59. The molecule has 0 aromatic heterocycles. The van der Waals surface area contributed by atoms with Gasteiger partial charge in [-0.1, -0.05) is 6.42 Å². The van der Waals surface area contributed by atoms with E-state index in [9.17, 15) is 21.6 Å². The number of nitrogens with zero attached hydrogens (tertiary/aromatic N) is 2. The molecule has 0 aromatic rings. The number of sulfone groups is 1. The van der Waals surface area contributed by atoms with Gasteiger partial charge < -0.3 is 10.6 Å². The third kappa shape index (κ3) is 3.86. The molecule has 0 bridgehead atoms. The third-order valence-electron chi connectivity index (χ3n) is 5.80. The third-order valence-corrected chi connectivity index (χ3v) is 10.1. The number of amides is 1. The average Bonchev–Trinajstić information content (AvgIpc) is 3.20. The summed E-state index contributed by atoms with van der Waals surface area (Å²) in [4.78, 5) is 14.4. The number of hydrogen-bond acceptors (Lipinski definition) is 6. The van der Waals surface area contributed by atoms with Gasteiger partial charge in [0.25, 0.3) is 0 Å². The summed E-state index contributed by atoms with van der Waals surface area (Å²) in [5.74, 6) is -0.0498. The first kappa shape index (κ1) is 19.1. The van der Waals surface area contributed by atoms with Crippen LogP contribution in [0.3, 0.4) is 0 Å². The summed E-state index contributed by atoms with van der Waals surface area (Å²) in [5.41, 5.74) is 5.76. The van der Waals surface area contributed by atoms with E-state index in [1.807, 2.05) is 0 Å². The zero-order valence-corrected chi connectivity index (χ0v) is 16.0. The first-order valence-electron chi connectivity index (χ1n) is 8.93. The highest BCUT2D eigenvalue weighted by Crippen LogP contribution is 2.33. The van der Waals surface area contributed by atoms with Crippen LogP contribution in [-0.4, -0.2) is 81.4 Å². The van der Waals surface area contributed by atoms with Crippen LogP contribution in [0.5, 0.6) is 0 Å². The van der Waals surface area contributed by atoms with Crippen LogP contribution in [0.2, 0.25) is 0 Å². The largest absolute Gasteiger partial charge is 0.340 e. The molecule has 2 aliphatic heterocycles. The van der Waals surface area contributed by atoms with Gasteiger partial charge in [0, 0.05) is 32.1 Å². The number of sulfonamides is 1. The van der Waals surface area contributed by atoms with E-state index in [2.05, 4.69) is 0 Å². The van der Waals surface area contributed by atoms with Gasteiger partial charge in [-0.3, -0.25) is 4.79 Å². The highest BCUT2D eigenvalue weighted by molar-refractivity contribution is 7.95. The van der Waals surface area contributed by atoms with E-state index >= 15 is 0 Å². The van der Waals surface area contributed by atoms with Gasteiger partial charge in [0.2, 0.25) is 15.9 Å². The molecule has 3 fully saturated rings. The quantitative estimate of drug-likeness (QED) is 0.656. The Hall–Kier alpha value is -0.710. The van der Waals surface area contributed by atoms with Crippen LogP contribution in [0.25, 0.3) is 0 Å². The van der Waals surface area contributed by atoms with Gasteiger partial charge in [-0.05, 0) is 31.7 Å². The van der Waals surface area contributed by atoms with Crippen molar-refractivity contribution in [3.63, 3.8) is 0 Å². The Labute approximate surface area is 149 Å². The molecule has 3 rings (SSSR count). The molecule has 2 heterocycles. The van der Waals surface area contributed by atoms with Crippen LogP contribution in [0.15, 0.2) is 0 Å². The van der Waals surface area contributed by atoms with Crippen LogP contribution in [0, 0.1) is 11.8 Å². The first-order valence-corrected chi connectivity index (χ1v) is 12.3. The number of piperazine rings is 1. The summed E-state index contributed by atoms with van der Waals surface area (Å²) in [5, 5.41) is -0.837. The van der Waals surface area contributed by atoms with Crippen molar-refractivity contribution >= 4 is 25.8 Å². The summed E-state index contributed by atoms with van der Waals surface area (Å²) in [7, 11) is -6.86.